The standard InChI is InChI=1S/C13H12Cl2N4O/c14-10-7-16-8-11(15)12(10)18-19-13(20)17-6-9-4-2-1-3-5-9/h1-5,7-8H,6H2,(H,16,18)(H2,17,19,20). The summed E-state index contributed by atoms with van der Waals surface area (Å²) in [6.07, 6.45) is 2.86. The number of rotatable bonds is 4. The van der Waals surface area contributed by atoms with Crippen molar-refractivity contribution in [3.63, 3.8) is 0 Å². The van der Waals surface area contributed by atoms with Gasteiger partial charge in [-0.25, -0.2) is 4.79 Å². The summed E-state index contributed by atoms with van der Waals surface area (Å²) in [7, 11) is 0. The molecule has 0 spiro atoms. The number of carbonyl (C=O) groups excluding carboxylic acids is 1. The number of halogens is 2. The quantitative estimate of drug-likeness (QED) is 0.760. The minimum absolute atomic E-state index is 0.320. The van der Waals surface area contributed by atoms with Crippen molar-refractivity contribution in [2.45, 2.75) is 6.54 Å². The van der Waals surface area contributed by atoms with E-state index in [-0.39, 0.29) is 0 Å². The number of nitrogens with zero attached hydrogens (tertiary/aromatic N) is 1. The number of pyridine rings is 1. The highest BCUT2D eigenvalue weighted by molar-refractivity contribution is 6.38. The van der Waals surface area contributed by atoms with Gasteiger partial charge >= 0.3 is 6.03 Å². The molecule has 3 N–H and O–H groups in total. The molecule has 0 bridgehead atoms. The number of hydrogen-bond acceptors (Lipinski definition) is 3. The smallest absolute Gasteiger partial charge is 0.333 e. The Hall–Kier alpha value is -1.98. The topological polar surface area (TPSA) is 66.1 Å². The summed E-state index contributed by atoms with van der Waals surface area (Å²) in [6, 6.07) is 9.18. The monoisotopic (exact) mass is 310 g/mol. The third kappa shape index (κ3) is 4.01. The molecule has 1 heterocycles. The van der Waals surface area contributed by atoms with Crippen LogP contribution in [0.4, 0.5) is 10.5 Å². The number of hydrogen-bond donors (Lipinski definition) is 3. The zero-order valence-corrected chi connectivity index (χ0v) is 11.9. The van der Waals surface area contributed by atoms with Gasteiger partial charge in [-0.15, -0.1) is 0 Å². The van der Waals surface area contributed by atoms with Crippen molar-refractivity contribution >= 4 is 34.9 Å². The zero-order valence-electron chi connectivity index (χ0n) is 10.4. The summed E-state index contributed by atoms with van der Waals surface area (Å²) in [5.74, 6) is 0. The van der Waals surface area contributed by atoms with Crippen LogP contribution >= 0.6 is 23.2 Å². The summed E-state index contributed by atoms with van der Waals surface area (Å²) in [5.41, 5.74) is 6.51. The number of hydrazine groups is 1. The predicted octanol–water partition coefficient (Wildman–Crippen LogP) is 3.21. The van der Waals surface area contributed by atoms with Crippen molar-refractivity contribution < 1.29 is 4.79 Å². The van der Waals surface area contributed by atoms with Crippen LogP contribution in [0.2, 0.25) is 10.0 Å². The number of nitrogens with one attached hydrogen (secondary N) is 3. The van der Waals surface area contributed by atoms with Gasteiger partial charge in [0.2, 0.25) is 0 Å². The van der Waals surface area contributed by atoms with Crippen LogP contribution in [-0.2, 0) is 6.54 Å². The van der Waals surface area contributed by atoms with E-state index in [1.165, 1.54) is 12.4 Å². The molecule has 0 aliphatic carbocycles. The third-order valence-electron chi connectivity index (χ3n) is 2.45. The minimum Gasteiger partial charge on any atom is -0.333 e. The Labute approximate surface area is 126 Å². The molecule has 0 aliphatic rings. The normalized spacial score (nSPS) is 9.90. The molecule has 1 aromatic heterocycles. The molecule has 1 aromatic carbocycles. The fourth-order valence-corrected chi connectivity index (χ4v) is 1.93. The third-order valence-corrected chi connectivity index (χ3v) is 3.02. The Balaban J connectivity index is 1.84. The SMILES string of the molecule is O=C(NCc1ccccc1)NNc1c(Cl)cncc1Cl. The molecular weight excluding hydrogens is 299 g/mol. The second-order valence-electron chi connectivity index (χ2n) is 3.90. The average Bonchev–Trinajstić information content (AvgIpc) is 2.46. The Bertz CT molecular complexity index is 572. The molecule has 0 fully saturated rings. The number of carbonyl (C=O) groups is 1. The Morgan fingerprint density at radius 3 is 2.40 bits per heavy atom. The second-order valence-corrected chi connectivity index (χ2v) is 4.71. The molecular formula is C13H12Cl2N4O. The van der Waals surface area contributed by atoms with Crippen LogP contribution in [0, 0.1) is 0 Å². The first-order chi connectivity index (χ1) is 9.66. The zero-order chi connectivity index (χ0) is 14.4. The van der Waals surface area contributed by atoms with Crippen LogP contribution < -0.4 is 16.2 Å². The summed E-state index contributed by atoms with van der Waals surface area (Å²) < 4.78 is 0. The Morgan fingerprint density at radius 2 is 1.75 bits per heavy atom. The number of benzene rings is 1. The lowest BCUT2D eigenvalue weighted by atomic mass is 10.2. The first-order valence-corrected chi connectivity index (χ1v) is 6.55. The molecule has 2 aromatic rings. The summed E-state index contributed by atoms with van der Waals surface area (Å²) in [6.45, 7) is 0.423. The number of amides is 2. The van der Waals surface area contributed by atoms with Gasteiger partial charge in [0.1, 0.15) is 0 Å². The van der Waals surface area contributed by atoms with Gasteiger partial charge < -0.3 is 5.32 Å². The van der Waals surface area contributed by atoms with Gasteiger partial charge in [-0.05, 0) is 5.56 Å². The maximum atomic E-state index is 11.6. The molecule has 20 heavy (non-hydrogen) atoms. The molecule has 0 saturated heterocycles. The van der Waals surface area contributed by atoms with Gasteiger partial charge in [-0.2, -0.15) is 0 Å². The van der Waals surface area contributed by atoms with Crippen molar-refractivity contribution in [1.82, 2.24) is 15.7 Å². The van der Waals surface area contributed by atoms with E-state index in [0.29, 0.717) is 22.3 Å². The molecule has 0 saturated carbocycles. The van der Waals surface area contributed by atoms with Gasteiger partial charge in [0.15, 0.2) is 0 Å². The molecule has 0 unspecified atom stereocenters. The predicted molar refractivity (Wildman–Crippen MR) is 79.7 cm³/mol. The first-order valence-electron chi connectivity index (χ1n) is 5.79. The highest BCUT2D eigenvalue weighted by Gasteiger charge is 2.07. The van der Waals surface area contributed by atoms with Crippen molar-refractivity contribution in [3.8, 4) is 0 Å². The van der Waals surface area contributed by atoms with Crippen LogP contribution in [0.3, 0.4) is 0 Å². The van der Waals surface area contributed by atoms with Crippen LogP contribution in [0.5, 0.6) is 0 Å². The van der Waals surface area contributed by atoms with Gasteiger partial charge in [0.25, 0.3) is 0 Å². The molecule has 2 amide bonds. The lowest BCUT2D eigenvalue weighted by molar-refractivity contribution is 0.242. The van der Waals surface area contributed by atoms with Gasteiger partial charge in [0, 0.05) is 18.9 Å². The van der Waals surface area contributed by atoms with E-state index in [2.05, 4.69) is 21.2 Å². The first kappa shape index (κ1) is 14.4. The molecule has 2 rings (SSSR count). The maximum Gasteiger partial charge on any atom is 0.333 e. The number of aromatic nitrogens is 1. The van der Waals surface area contributed by atoms with Crippen molar-refractivity contribution in [3.05, 3.63) is 58.3 Å². The maximum absolute atomic E-state index is 11.6. The van der Waals surface area contributed by atoms with Crippen molar-refractivity contribution in [2.24, 2.45) is 0 Å². The summed E-state index contributed by atoms with van der Waals surface area (Å²) in [5, 5.41) is 3.33. The Kier molecular flexibility index (Phi) is 5.03. The highest BCUT2D eigenvalue weighted by Crippen LogP contribution is 2.27. The fraction of sp³-hybridized carbons (Fsp3) is 0.0769. The van der Waals surface area contributed by atoms with Crippen molar-refractivity contribution in [1.29, 1.82) is 0 Å². The summed E-state index contributed by atoms with van der Waals surface area (Å²) >= 11 is 11.8. The highest BCUT2D eigenvalue weighted by atomic mass is 35.5. The van der Waals surface area contributed by atoms with Gasteiger partial charge in [0.05, 0.1) is 15.7 Å². The molecule has 104 valence electrons. The van der Waals surface area contributed by atoms with E-state index < -0.39 is 6.03 Å². The lowest BCUT2D eigenvalue weighted by Gasteiger charge is -2.12. The van der Waals surface area contributed by atoms with E-state index in [4.69, 9.17) is 23.2 Å². The molecule has 5 nitrogen and oxygen atoms in total. The van der Waals surface area contributed by atoms with E-state index in [1.807, 2.05) is 30.3 Å². The minimum atomic E-state index is -0.391. The van der Waals surface area contributed by atoms with E-state index in [0.717, 1.165) is 5.56 Å². The fourth-order valence-electron chi connectivity index (χ4n) is 1.47. The molecule has 7 heteroatoms. The van der Waals surface area contributed by atoms with Gasteiger partial charge in [-0.3, -0.25) is 15.8 Å². The largest absolute Gasteiger partial charge is 0.333 e. The van der Waals surface area contributed by atoms with Crippen molar-refractivity contribution in [2.75, 3.05) is 5.43 Å². The Morgan fingerprint density at radius 1 is 1.10 bits per heavy atom. The molecule has 0 atom stereocenters. The average molecular weight is 311 g/mol. The van der Waals surface area contributed by atoms with E-state index in [1.54, 1.807) is 0 Å². The van der Waals surface area contributed by atoms with Crippen LogP contribution in [0.1, 0.15) is 5.56 Å². The van der Waals surface area contributed by atoms with E-state index in [9.17, 15) is 4.79 Å². The molecule has 0 radical (unpaired) electrons. The van der Waals surface area contributed by atoms with Gasteiger partial charge in [-0.1, -0.05) is 53.5 Å². The molecule has 0 aliphatic heterocycles. The van der Waals surface area contributed by atoms with Crippen LogP contribution in [-0.4, -0.2) is 11.0 Å². The van der Waals surface area contributed by atoms with Crippen LogP contribution in [0.15, 0.2) is 42.7 Å². The second kappa shape index (κ2) is 6.98. The lowest BCUT2D eigenvalue weighted by Crippen LogP contribution is -2.38. The summed E-state index contributed by atoms with van der Waals surface area (Å²) in [4.78, 5) is 15.4. The van der Waals surface area contributed by atoms with Crippen LogP contribution in [0.25, 0.3) is 0 Å². The number of anilines is 1. The van der Waals surface area contributed by atoms with E-state index >= 15 is 0 Å². The number of urea groups is 1.